The molecule has 0 fully saturated rings. The largest absolute Gasteiger partial charge is 0.398 e. The molecule has 0 saturated heterocycles. The van der Waals surface area contributed by atoms with Gasteiger partial charge in [-0.1, -0.05) is 39.4 Å². The van der Waals surface area contributed by atoms with Gasteiger partial charge in [-0.25, -0.2) is 0 Å². The van der Waals surface area contributed by atoms with Crippen molar-refractivity contribution >= 4 is 33.2 Å². The van der Waals surface area contributed by atoms with Gasteiger partial charge in [-0.3, -0.25) is 0 Å². The van der Waals surface area contributed by atoms with Gasteiger partial charge < -0.3 is 5.73 Å². The van der Waals surface area contributed by atoms with E-state index in [1.54, 1.807) is 12.1 Å². The molecule has 0 radical (unpaired) electrons. The number of benzene rings is 1. The Hall–Kier alpha value is -0.650. The van der Waals surface area contributed by atoms with Crippen molar-refractivity contribution in [2.45, 2.75) is 6.42 Å². The highest BCUT2D eigenvalue weighted by Gasteiger charge is 1.95. The van der Waals surface area contributed by atoms with Gasteiger partial charge in [0, 0.05) is 28.0 Å². The van der Waals surface area contributed by atoms with Gasteiger partial charge in [-0.2, -0.15) is 0 Å². The van der Waals surface area contributed by atoms with E-state index in [-0.39, 0.29) is 0 Å². The Bertz CT molecular complexity index is 352. The SMILES string of the molecule is Nc1cc(Cl)ccc1C#CCCBr. The van der Waals surface area contributed by atoms with E-state index in [9.17, 15) is 0 Å². The molecule has 1 nitrogen and oxygen atoms in total. The zero-order valence-corrected chi connectivity index (χ0v) is 9.32. The first-order chi connectivity index (χ1) is 6.24. The molecule has 0 unspecified atom stereocenters. The number of hydrogen-bond acceptors (Lipinski definition) is 1. The molecule has 1 rings (SSSR count). The molecule has 68 valence electrons. The Kier molecular flexibility index (Phi) is 4.14. The molecule has 3 heteroatoms. The third-order valence-electron chi connectivity index (χ3n) is 1.46. The van der Waals surface area contributed by atoms with Crippen LogP contribution in [-0.4, -0.2) is 5.33 Å². The van der Waals surface area contributed by atoms with Gasteiger partial charge in [-0.05, 0) is 18.2 Å². The Labute approximate surface area is 91.4 Å². The zero-order valence-electron chi connectivity index (χ0n) is 6.98. The minimum absolute atomic E-state index is 0.634. The number of nitrogen functional groups attached to an aromatic ring is 1. The van der Waals surface area contributed by atoms with Gasteiger partial charge in [0.05, 0.1) is 0 Å². The molecule has 1 aromatic carbocycles. The van der Waals surface area contributed by atoms with Crippen LogP contribution in [0.2, 0.25) is 5.02 Å². The molecular weight excluding hydrogens is 249 g/mol. The van der Waals surface area contributed by atoms with Gasteiger partial charge in [0.2, 0.25) is 0 Å². The molecule has 0 saturated carbocycles. The van der Waals surface area contributed by atoms with Crippen LogP contribution >= 0.6 is 27.5 Å². The van der Waals surface area contributed by atoms with E-state index in [0.29, 0.717) is 10.7 Å². The lowest BCUT2D eigenvalue weighted by Gasteiger charge is -1.97. The minimum atomic E-state index is 0.634. The van der Waals surface area contributed by atoms with Crippen LogP contribution in [0, 0.1) is 11.8 Å². The van der Waals surface area contributed by atoms with Crippen molar-refractivity contribution in [1.82, 2.24) is 0 Å². The van der Waals surface area contributed by atoms with Crippen molar-refractivity contribution in [2.75, 3.05) is 11.1 Å². The minimum Gasteiger partial charge on any atom is -0.398 e. The maximum Gasteiger partial charge on any atom is 0.0488 e. The maximum absolute atomic E-state index is 5.74. The van der Waals surface area contributed by atoms with Crippen LogP contribution in [0.5, 0.6) is 0 Å². The molecule has 1 aromatic rings. The fourth-order valence-corrected chi connectivity index (χ4v) is 1.23. The summed E-state index contributed by atoms with van der Waals surface area (Å²) in [5.74, 6) is 5.97. The molecule has 0 heterocycles. The predicted octanol–water partition coefficient (Wildman–Crippen LogP) is 3.06. The van der Waals surface area contributed by atoms with Gasteiger partial charge in [0.15, 0.2) is 0 Å². The second kappa shape index (κ2) is 5.16. The van der Waals surface area contributed by atoms with Crippen LogP contribution in [0.25, 0.3) is 0 Å². The number of hydrogen-bond donors (Lipinski definition) is 1. The lowest BCUT2D eigenvalue weighted by Crippen LogP contribution is -1.89. The molecule has 0 aliphatic rings. The first-order valence-electron chi connectivity index (χ1n) is 3.84. The summed E-state index contributed by atoms with van der Waals surface area (Å²) in [6.45, 7) is 0. The van der Waals surface area contributed by atoms with Crippen LogP contribution in [0.3, 0.4) is 0 Å². The highest BCUT2D eigenvalue weighted by molar-refractivity contribution is 9.09. The summed E-state index contributed by atoms with van der Waals surface area (Å²) < 4.78 is 0. The molecule has 0 atom stereocenters. The highest BCUT2D eigenvalue weighted by Crippen LogP contribution is 2.16. The number of alkyl halides is 1. The third kappa shape index (κ3) is 3.30. The van der Waals surface area contributed by atoms with E-state index in [2.05, 4.69) is 27.8 Å². The Balaban J connectivity index is 2.85. The Morgan fingerprint density at radius 2 is 2.23 bits per heavy atom. The van der Waals surface area contributed by atoms with Crippen LogP contribution in [0.1, 0.15) is 12.0 Å². The fraction of sp³-hybridized carbons (Fsp3) is 0.200. The molecule has 0 bridgehead atoms. The maximum atomic E-state index is 5.74. The summed E-state index contributed by atoms with van der Waals surface area (Å²) in [4.78, 5) is 0. The summed E-state index contributed by atoms with van der Waals surface area (Å²) >= 11 is 9.04. The van der Waals surface area contributed by atoms with Crippen LogP contribution in [-0.2, 0) is 0 Å². The molecular formula is C10H9BrClN. The molecule has 0 aromatic heterocycles. The van der Waals surface area contributed by atoms with Crippen molar-refractivity contribution < 1.29 is 0 Å². The topological polar surface area (TPSA) is 26.0 Å². The second-order valence-electron chi connectivity index (χ2n) is 2.47. The monoisotopic (exact) mass is 257 g/mol. The molecule has 0 spiro atoms. The molecule has 0 aliphatic heterocycles. The molecule has 13 heavy (non-hydrogen) atoms. The quantitative estimate of drug-likeness (QED) is 0.468. The fourth-order valence-electron chi connectivity index (χ4n) is 0.852. The van der Waals surface area contributed by atoms with E-state index < -0.39 is 0 Å². The second-order valence-corrected chi connectivity index (χ2v) is 3.70. The summed E-state index contributed by atoms with van der Waals surface area (Å²) in [7, 11) is 0. The summed E-state index contributed by atoms with van der Waals surface area (Å²) in [6.07, 6.45) is 0.821. The molecule has 2 N–H and O–H groups in total. The Morgan fingerprint density at radius 3 is 2.85 bits per heavy atom. The van der Waals surface area contributed by atoms with Crippen molar-refractivity contribution in [3.05, 3.63) is 28.8 Å². The van der Waals surface area contributed by atoms with Crippen molar-refractivity contribution in [3.8, 4) is 11.8 Å². The van der Waals surface area contributed by atoms with Crippen molar-refractivity contribution in [3.63, 3.8) is 0 Å². The summed E-state index contributed by atoms with van der Waals surface area (Å²) in [6, 6.07) is 5.33. The highest BCUT2D eigenvalue weighted by atomic mass is 79.9. The average Bonchev–Trinajstić information content (AvgIpc) is 2.09. The van der Waals surface area contributed by atoms with Gasteiger partial charge >= 0.3 is 0 Å². The smallest absolute Gasteiger partial charge is 0.0488 e. The number of rotatable bonds is 1. The first kappa shape index (κ1) is 10.4. The van der Waals surface area contributed by atoms with Gasteiger partial charge in [0.1, 0.15) is 0 Å². The standard InChI is InChI=1S/C10H9BrClN/c11-6-2-1-3-8-4-5-9(12)7-10(8)13/h4-5,7H,2,6,13H2. The van der Waals surface area contributed by atoms with Gasteiger partial charge in [0.25, 0.3) is 0 Å². The Morgan fingerprint density at radius 1 is 1.46 bits per heavy atom. The third-order valence-corrected chi connectivity index (χ3v) is 2.09. The van der Waals surface area contributed by atoms with E-state index in [0.717, 1.165) is 17.3 Å². The van der Waals surface area contributed by atoms with Gasteiger partial charge in [-0.15, -0.1) is 0 Å². The number of anilines is 1. The lowest BCUT2D eigenvalue weighted by atomic mass is 10.2. The van der Waals surface area contributed by atoms with E-state index in [1.807, 2.05) is 6.07 Å². The number of nitrogens with two attached hydrogens (primary N) is 1. The first-order valence-corrected chi connectivity index (χ1v) is 5.34. The lowest BCUT2D eigenvalue weighted by molar-refractivity contribution is 1.32. The van der Waals surface area contributed by atoms with Crippen LogP contribution in [0.4, 0.5) is 5.69 Å². The van der Waals surface area contributed by atoms with E-state index >= 15 is 0 Å². The van der Waals surface area contributed by atoms with Crippen molar-refractivity contribution in [1.29, 1.82) is 0 Å². The summed E-state index contributed by atoms with van der Waals surface area (Å²) in [5.41, 5.74) is 7.18. The zero-order chi connectivity index (χ0) is 9.68. The summed E-state index contributed by atoms with van der Waals surface area (Å²) in [5, 5.41) is 1.52. The molecule has 0 aliphatic carbocycles. The van der Waals surface area contributed by atoms with Crippen molar-refractivity contribution in [2.24, 2.45) is 0 Å². The number of halogens is 2. The average molecular weight is 259 g/mol. The van der Waals surface area contributed by atoms with E-state index in [1.165, 1.54) is 0 Å². The van der Waals surface area contributed by atoms with E-state index in [4.69, 9.17) is 17.3 Å². The molecule has 0 amide bonds. The predicted molar refractivity (Wildman–Crippen MR) is 61.2 cm³/mol. The normalized spacial score (nSPS) is 9.08. The van der Waals surface area contributed by atoms with Crippen LogP contribution < -0.4 is 5.73 Å². The van der Waals surface area contributed by atoms with Crippen LogP contribution in [0.15, 0.2) is 18.2 Å².